The summed E-state index contributed by atoms with van der Waals surface area (Å²) in [6.07, 6.45) is 1.71. The van der Waals surface area contributed by atoms with Crippen LogP contribution in [0.5, 0.6) is 0 Å². The van der Waals surface area contributed by atoms with E-state index in [0.717, 1.165) is 34.2 Å². The van der Waals surface area contributed by atoms with Crippen LogP contribution in [0, 0.1) is 4.77 Å². The monoisotopic (exact) mass is 270 g/mol. The van der Waals surface area contributed by atoms with E-state index in [0.29, 0.717) is 11.4 Å². The standard InChI is InChI=1S/C10H14N4OS2/c1-3-6-8(9-12-10(16)14-13-9)17-7(11-6)4-5-15-2/h3-5H2,1-2H3,(H2,12,13,14,16). The van der Waals surface area contributed by atoms with Gasteiger partial charge in [0.1, 0.15) is 0 Å². The number of nitrogens with zero attached hydrogens (tertiary/aromatic N) is 2. The number of hydrogen-bond acceptors (Lipinski definition) is 5. The van der Waals surface area contributed by atoms with E-state index in [2.05, 4.69) is 27.1 Å². The van der Waals surface area contributed by atoms with Crippen LogP contribution in [0.25, 0.3) is 10.7 Å². The van der Waals surface area contributed by atoms with Gasteiger partial charge in [-0.15, -0.1) is 11.3 Å². The highest BCUT2D eigenvalue weighted by Gasteiger charge is 2.13. The molecule has 5 nitrogen and oxygen atoms in total. The average molecular weight is 270 g/mol. The number of aryl methyl sites for hydroxylation is 1. The summed E-state index contributed by atoms with van der Waals surface area (Å²) in [4.78, 5) is 9.87. The number of H-pyrrole nitrogens is 2. The Bertz CT molecular complexity index is 542. The van der Waals surface area contributed by atoms with E-state index in [1.807, 2.05) is 0 Å². The average Bonchev–Trinajstić information content (AvgIpc) is 2.92. The Balaban J connectivity index is 2.32. The van der Waals surface area contributed by atoms with Crippen LogP contribution in [0.15, 0.2) is 0 Å². The molecule has 2 rings (SSSR count). The van der Waals surface area contributed by atoms with Gasteiger partial charge in [-0.25, -0.2) is 4.98 Å². The number of aromatic amines is 2. The maximum atomic E-state index is 5.06. The van der Waals surface area contributed by atoms with Gasteiger partial charge in [0.25, 0.3) is 0 Å². The van der Waals surface area contributed by atoms with Crippen molar-refractivity contribution in [2.24, 2.45) is 0 Å². The van der Waals surface area contributed by atoms with Gasteiger partial charge in [0, 0.05) is 13.5 Å². The third-order valence-corrected chi connectivity index (χ3v) is 3.67. The molecule has 0 aliphatic rings. The number of hydrogen-bond donors (Lipinski definition) is 2. The second kappa shape index (κ2) is 5.52. The molecular formula is C10H14N4OS2. The first-order valence-electron chi connectivity index (χ1n) is 5.37. The molecule has 0 amide bonds. The quantitative estimate of drug-likeness (QED) is 0.818. The van der Waals surface area contributed by atoms with Gasteiger partial charge in [0.15, 0.2) is 5.82 Å². The molecule has 2 aromatic heterocycles. The van der Waals surface area contributed by atoms with Crippen LogP contribution in [-0.2, 0) is 17.6 Å². The third kappa shape index (κ3) is 2.80. The van der Waals surface area contributed by atoms with Gasteiger partial charge in [0.05, 0.1) is 22.2 Å². The van der Waals surface area contributed by atoms with Crippen LogP contribution in [0.3, 0.4) is 0 Å². The molecule has 0 fully saturated rings. The zero-order valence-corrected chi connectivity index (χ0v) is 11.4. The number of methoxy groups -OCH3 is 1. The lowest BCUT2D eigenvalue weighted by molar-refractivity contribution is 0.202. The Morgan fingerprint density at radius 3 is 2.76 bits per heavy atom. The summed E-state index contributed by atoms with van der Waals surface area (Å²) in [6.45, 7) is 2.77. The highest BCUT2D eigenvalue weighted by molar-refractivity contribution is 7.71. The minimum Gasteiger partial charge on any atom is -0.384 e. The van der Waals surface area contributed by atoms with Gasteiger partial charge in [-0.05, 0) is 18.6 Å². The summed E-state index contributed by atoms with van der Waals surface area (Å²) in [7, 11) is 1.69. The number of aromatic nitrogens is 4. The zero-order valence-electron chi connectivity index (χ0n) is 9.74. The molecule has 0 saturated heterocycles. The van der Waals surface area contributed by atoms with Crippen LogP contribution in [0.1, 0.15) is 17.6 Å². The number of nitrogens with one attached hydrogen (secondary N) is 2. The Morgan fingerprint density at radius 1 is 1.35 bits per heavy atom. The molecule has 2 heterocycles. The van der Waals surface area contributed by atoms with Crippen molar-refractivity contribution in [3.05, 3.63) is 15.5 Å². The number of rotatable bonds is 5. The fraction of sp³-hybridized carbons (Fsp3) is 0.500. The fourth-order valence-electron chi connectivity index (χ4n) is 1.50. The molecule has 2 N–H and O–H groups in total. The SMILES string of the molecule is CCc1nc(CCOC)sc1-c1nc(=S)[nH][nH]1. The molecule has 0 aliphatic carbocycles. The van der Waals surface area contributed by atoms with Crippen molar-refractivity contribution in [2.75, 3.05) is 13.7 Å². The molecular weight excluding hydrogens is 256 g/mol. The molecule has 92 valence electrons. The van der Waals surface area contributed by atoms with E-state index >= 15 is 0 Å². The summed E-state index contributed by atoms with van der Waals surface area (Å²) in [6, 6.07) is 0. The number of ether oxygens (including phenoxy) is 1. The maximum absolute atomic E-state index is 5.06. The van der Waals surface area contributed by atoms with Crippen molar-refractivity contribution in [2.45, 2.75) is 19.8 Å². The fourth-order valence-corrected chi connectivity index (χ4v) is 2.72. The Labute approximate surface area is 108 Å². The van der Waals surface area contributed by atoms with E-state index in [-0.39, 0.29) is 0 Å². The van der Waals surface area contributed by atoms with Gasteiger partial charge in [0.2, 0.25) is 4.77 Å². The summed E-state index contributed by atoms with van der Waals surface area (Å²) < 4.78 is 5.53. The first-order valence-corrected chi connectivity index (χ1v) is 6.59. The van der Waals surface area contributed by atoms with Crippen molar-refractivity contribution in [3.8, 4) is 10.7 Å². The van der Waals surface area contributed by atoms with E-state index in [4.69, 9.17) is 17.0 Å². The van der Waals surface area contributed by atoms with Crippen LogP contribution < -0.4 is 0 Å². The van der Waals surface area contributed by atoms with Crippen LogP contribution in [-0.4, -0.2) is 33.9 Å². The molecule has 0 saturated carbocycles. The molecule has 0 bridgehead atoms. The van der Waals surface area contributed by atoms with Crippen molar-refractivity contribution in [1.29, 1.82) is 0 Å². The molecule has 0 aliphatic heterocycles. The van der Waals surface area contributed by atoms with Gasteiger partial charge >= 0.3 is 0 Å². The Hall–Kier alpha value is -1.05. The molecule has 17 heavy (non-hydrogen) atoms. The topological polar surface area (TPSA) is 66.6 Å². The lowest BCUT2D eigenvalue weighted by atomic mass is 10.3. The third-order valence-electron chi connectivity index (χ3n) is 2.31. The predicted octanol–water partition coefficient (Wildman–Crippen LogP) is 2.34. The second-order valence-electron chi connectivity index (χ2n) is 3.50. The van der Waals surface area contributed by atoms with Crippen LogP contribution in [0.4, 0.5) is 0 Å². The molecule has 0 aromatic carbocycles. The Morgan fingerprint density at radius 2 is 2.18 bits per heavy atom. The Kier molecular flexibility index (Phi) is 4.03. The van der Waals surface area contributed by atoms with Gasteiger partial charge in [-0.1, -0.05) is 6.92 Å². The normalized spacial score (nSPS) is 10.9. The van der Waals surface area contributed by atoms with Crippen molar-refractivity contribution < 1.29 is 4.74 Å². The lowest BCUT2D eigenvalue weighted by Crippen LogP contribution is -1.93. The smallest absolute Gasteiger partial charge is 0.213 e. The second-order valence-corrected chi connectivity index (χ2v) is 4.97. The largest absolute Gasteiger partial charge is 0.384 e. The lowest BCUT2D eigenvalue weighted by Gasteiger charge is -1.92. The van der Waals surface area contributed by atoms with E-state index in [9.17, 15) is 0 Å². The molecule has 2 aromatic rings. The van der Waals surface area contributed by atoms with Gasteiger partial charge < -0.3 is 4.74 Å². The van der Waals surface area contributed by atoms with Crippen LogP contribution in [0.2, 0.25) is 0 Å². The number of thiazole rings is 1. The molecule has 7 heteroatoms. The molecule has 0 radical (unpaired) electrons. The van der Waals surface area contributed by atoms with Crippen LogP contribution >= 0.6 is 23.6 Å². The first-order chi connectivity index (χ1) is 8.24. The highest BCUT2D eigenvalue weighted by Crippen LogP contribution is 2.28. The minimum absolute atomic E-state index is 0.467. The zero-order chi connectivity index (χ0) is 12.3. The summed E-state index contributed by atoms with van der Waals surface area (Å²) in [5, 5.41) is 6.84. The molecule has 0 atom stereocenters. The van der Waals surface area contributed by atoms with Crippen molar-refractivity contribution in [3.63, 3.8) is 0 Å². The minimum atomic E-state index is 0.467. The van der Waals surface area contributed by atoms with E-state index in [1.54, 1.807) is 18.4 Å². The highest BCUT2D eigenvalue weighted by atomic mass is 32.1. The van der Waals surface area contributed by atoms with E-state index in [1.165, 1.54) is 0 Å². The van der Waals surface area contributed by atoms with Gasteiger partial charge in [-0.2, -0.15) is 4.98 Å². The summed E-state index contributed by atoms with van der Waals surface area (Å²) in [5.74, 6) is 0.771. The van der Waals surface area contributed by atoms with Gasteiger partial charge in [-0.3, -0.25) is 10.2 Å². The predicted molar refractivity (Wildman–Crippen MR) is 69.8 cm³/mol. The van der Waals surface area contributed by atoms with Crippen molar-refractivity contribution >= 4 is 23.6 Å². The summed E-state index contributed by atoms with van der Waals surface area (Å²) >= 11 is 6.59. The first kappa shape index (κ1) is 12.4. The molecule has 0 unspecified atom stereocenters. The molecule has 0 spiro atoms. The van der Waals surface area contributed by atoms with E-state index < -0.39 is 0 Å². The van der Waals surface area contributed by atoms with Crippen molar-refractivity contribution in [1.82, 2.24) is 20.2 Å². The maximum Gasteiger partial charge on any atom is 0.213 e. The summed E-state index contributed by atoms with van der Waals surface area (Å²) in [5.41, 5.74) is 1.05.